The lowest BCUT2D eigenvalue weighted by atomic mass is 9.94. The Labute approximate surface area is 80.7 Å². The topological polar surface area (TPSA) is 32.3 Å². The first kappa shape index (κ1) is 9.47. The van der Waals surface area contributed by atoms with Gasteiger partial charge in [-0.3, -0.25) is 0 Å². The molecule has 2 rings (SSSR count). The molecule has 2 aliphatic carbocycles. The SMILES string of the molecule is CC[C@H](CO)N[C@@H]1C[C@H]2CC[C@H]1C2. The Morgan fingerprint density at radius 1 is 1.38 bits per heavy atom. The maximum Gasteiger partial charge on any atom is 0.0584 e. The average Bonchev–Trinajstić information content (AvgIpc) is 2.75. The molecular weight excluding hydrogens is 162 g/mol. The molecule has 0 aliphatic heterocycles. The fourth-order valence-corrected chi connectivity index (χ4v) is 3.05. The van der Waals surface area contributed by atoms with Gasteiger partial charge in [-0.15, -0.1) is 0 Å². The Bertz CT molecular complexity index is 167. The second-order valence-corrected chi connectivity index (χ2v) is 4.74. The van der Waals surface area contributed by atoms with Gasteiger partial charge in [-0.1, -0.05) is 13.3 Å². The van der Waals surface area contributed by atoms with E-state index < -0.39 is 0 Å². The van der Waals surface area contributed by atoms with Crippen LogP contribution in [0.5, 0.6) is 0 Å². The molecule has 76 valence electrons. The van der Waals surface area contributed by atoms with Gasteiger partial charge in [0.15, 0.2) is 0 Å². The molecule has 2 heteroatoms. The van der Waals surface area contributed by atoms with E-state index in [1.54, 1.807) is 0 Å². The number of rotatable bonds is 4. The van der Waals surface area contributed by atoms with E-state index in [2.05, 4.69) is 12.2 Å². The molecule has 13 heavy (non-hydrogen) atoms. The lowest BCUT2D eigenvalue weighted by Gasteiger charge is -2.27. The van der Waals surface area contributed by atoms with Crippen molar-refractivity contribution in [2.75, 3.05) is 6.61 Å². The van der Waals surface area contributed by atoms with Gasteiger partial charge in [-0.05, 0) is 37.5 Å². The highest BCUT2D eigenvalue weighted by Gasteiger charge is 2.39. The van der Waals surface area contributed by atoms with Crippen LogP contribution in [0.1, 0.15) is 39.0 Å². The number of hydrogen-bond donors (Lipinski definition) is 2. The molecule has 0 amide bonds. The van der Waals surface area contributed by atoms with Gasteiger partial charge in [0.2, 0.25) is 0 Å². The van der Waals surface area contributed by atoms with Crippen LogP contribution < -0.4 is 5.32 Å². The molecule has 2 fully saturated rings. The third-order valence-electron chi connectivity index (χ3n) is 3.90. The van der Waals surface area contributed by atoms with Crippen molar-refractivity contribution >= 4 is 0 Å². The van der Waals surface area contributed by atoms with Gasteiger partial charge in [0.25, 0.3) is 0 Å². The van der Waals surface area contributed by atoms with Gasteiger partial charge in [0.05, 0.1) is 6.61 Å². The lowest BCUT2D eigenvalue weighted by Crippen LogP contribution is -2.42. The van der Waals surface area contributed by atoms with Crippen molar-refractivity contribution in [3.63, 3.8) is 0 Å². The normalized spacial score (nSPS) is 39.7. The van der Waals surface area contributed by atoms with Crippen molar-refractivity contribution in [3.05, 3.63) is 0 Å². The molecule has 0 radical (unpaired) electrons. The summed E-state index contributed by atoms with van der Waals surface area (Å²) < 4.78 is 0. The molecule has 4 atom stereocenters. The smallest absolute Gasteiger partial charge is 0.0584 e. The van der Waals surface area contributed by atoms with Gasteiger partial charge < -0.3 is 10.4 Å². The summed E-state index contributed by atoms with van der Waals surface area (Å²) in [7, 11) is 0. The van der Waals surface area contributed by atoms with Crippen molar-refractivity contribution < 1.29 is 5.11 Å². The zero-order valence-electron chi connectivity index (χ0n) is 8.50. The molecular formula is C11H21NO. The van der Waals surface area contributed by atoms with E-state index in [0.29, 0.717) is 12.6 Å². The highest BCUT2D eigenvalue weighted by molar-refractivity contribution is 4.95. The van der Waals surface area contributed by atoms with Gasteiger partial charge in [-0.25, -0.2) is 0 Å². The minimum Gasteiger partial charge on any atom is -0.395 e. The second kappa shape index (κ2) is 3.97. The molecule has 0 aromatic rings. The highest BCUT2D eigenvalue weighted by Crippen LogP contribution is 2.44. The summed E-state index contributed by atoms with van der Waals surface area (Å²) in [5.74, 6) is 1.92. The number of fused-ring (bicyclic) bond motifs is 2. The van der Waals surface area contributed by atoms with Crippen molar-refractivity contribution in [2.24, 2.45) is 11.8 Å². The van der Waals surface area contributed by atoms with Gasteiger partial charge in [0.1, 0.15) is 0 Å². The molecule has 2 aliphatic rings. The van der Waals surface area contributed by atoms with Crippen molar-refractivity contribution in [1.82, 2.24) is 5.32 Å². The van der Waals surface area contributed by atoms with Crippen LogP contribution in [0, 0.1) is 11.8 Å². The standard InChI is InChI=1S/C11H21NO/c1-2-10(7-13)12-11-6-8-3-4-9(11)5-8/h8-13H,2-7H2,1H3/t8-,9-,10+,11+/m0/s1. The maximum absolute atomic E-state index is 9.09. The summed E-state index contributed by atoms with van der Waals surface area (Å²) in [4.78, 5) is 0. The van der Waals surface area contributed by atoms with Crippen LogP contribution in [0.4, 0.5) is 0 Å². The summed E-state index contributed by atoms with van der Waals surface area (Å²) in [6, 6.07) is 1.06. The number of nitrogens with one attached hydrogen (secondary N) is 1. The minimum atomic E-state index is 0.296. The van der Waals surface area contributed by atoms with E-state index in [4.69, 9.17) is 5.11 Å². The van der Waals surface area contributed by atoms with Crippen molar-refractivity contribution in [1.29, 1.82) is 0 Å². The van der Waals surface area contributed by atoms with E-state index >= 15 is 0 Å². The quantitative estimate of drug-likeness (QED) is 0.693. The summed E-state index contributed by atoms with van der Waals surface area (Å²) in [5.41, 5.74) is 0. The van der Waals surface area contributed by atoms with Crippen LogP contribution >= 0.6 is 0 Å². The predicted octanol–water partition coefficient (Wildman–Crippen LogP) is 1.54. The fraction of sp³-hybridized carbons (Fsp3) is 1.00. The molecule has 2 nitrogen and oxygen atoms in total. The third-order valence-corrected chi connectivity index (χ3v) is 3.90. The van der Waals surface area contributed by atoms with Crippen LogP contribution in [0.25, 0.3) is 0 Å². The van der Waals surface area contributed by atoms with Crippen LogP contribution in [-0.2, 0) is 0 Å². The third kappa shape index (κ3) is 1.89. The molecule has 2 saturated carbocycles. The number of hydrogen-bond acceptors (Lipinski definition) is 2. The molecule has 2 N–H and O–H groups in total. The van der Waals surface area contributed by atoms with E-state index in [-0.39, 0.29) is 0 Å². The van der Waals surface area contributed by atoms with Crippen LogP contribution in [0.3, 0.4) is 0 Å². The first-order valence-corrected chi connectivity index (χ1v) is 5.70. The zero-order valence-corrected chi connectivity index (χ0v) is 8.50. The molecule has 2 bridgehead atoms. The molecule has 0 heterocycles. The predicted molar refractivity (Wildman–Crippen MR) is 53.5 cm³/mol. The van der Waals surface area contributed by atoms with Crippen LogP contribution in [-0.4, -0.2) is 23.8 Å². The van der Waals surface area contributed by atoms with Crippen molar-refractivity contribution in [2.45, 2.75) is 51.1 Å². The molecule has 0 saturated heterocycles. The summed E-state index contributed by atoms with van der Waals surface area (Å²) in [6.45, 7) is 2.44. The Hall–Kier alpha value is -0.0800. The van der Waals surface area contributed by atoms with Gasteiger partial charge in [-0.2, -0.15) is 0 Å². The first-order valence-electron chi connectivity index (χ1n) is 5.70. The monoisotopic (exact) mass is 183 g/mol. The molecule has 0 unspecified atom stereocenters. The number of aliphatic hydroxyl groups excluding tert-OH is 1. The van der Waals surface area contributed by atoms with Gasteiger partial charge in [0, 0.05) is 12.1 Å². The van der Waals surface area contributed by atoms with E-state index in [1.165, 1.54) is 25.7 Å². The summed E-state index contributed by atoms with van der Waals surface area (Å²) in [6.07, 6.45) is 6.73. The van der Waals surface area contributed by atoms with Gasteiger partial charge >= 0.3 is 0 Å². The Balaban J connectivity index is 1.82. The Kier molecular flexibility index (Phi) is 2.89. The van der Waals surface area contributed by atoms with E-state index in [0.717, 1.165) is 24.3 Å². The lowest BCUT2D eigenvalue weighted by molar-refractivity contribution is 0.210. The van der Waals surface area contributed by atoms with Crippen molar-refractivity contribution in [3.8, 4) is 0 Å². The largest absolute Gasteiger partial charge is 0.395 e. The Morgan fingerprint density at radius 3 is 2.69 bits per heavy atom. The number of aliphatic hydroxyl groups is 1. The molecule has 0 spiro atoms. The van der Waals surface area contributed by atoms with Crippen LogP contribution in [0.2, 0.25) is 0 Å². The fourth-order valence-electron chi connectivity index (χ4n) is 3.05. The highest BCUT2D eigenvalue weighted by atomic mass is 16.3. The average molecular weight is 183 g/mol. The Morgan fingerprint density at radius 2 is 2.23 bits per heavy atom. The molecule has 0 aromatic heterocycles. The van der Waals surface area contributed by atoms with E-state index in [1.807, 2.05) is 0 Å². The zero-order chi connectivity index (χ0) is 9.26. The molecule has 0 aromatic carbocycles. The second-order valence-electron chi connectivity index (χ2n) is 4.74. The summed E-state index contributed by atoms with van der Waals surface area (Å²) in [5, 5.41) is 12.7. The first-order chi connectivity index (χ1) is 6.33. The minimum absolute atomic E-state index is 0.296. The van der Waals surface area contributed by atoms with E-state index in [9.17, 15) is 0 Å². The van der Waals surface area contributed by atoms with Crippen LogP contribution in [0.15, 0.2) is 0 Å². The summed E-state index contributed by atoms with van der Waals surface area (Å²) >= 11 is 0. The maximum atomic E-state index is 9.09.